The Kier molecular flexibility index (Phi) is 4.89. The molecule has 0 radical (unpaired) electrons. The molecule has 0 fully saturated rings. The van der Waals surface area contributed by atoms with E-state index in [0.29, 0.717) is 34.7 Å². The first-order valence-corrected chi connectivity index (χ1v) is 9.45. The van der Waals surface area contributed by atoms with Crippen LogP contribution in [0.25, 0.3) is 39.3 Å². The van der Waals surface area contributed by atoms with Gasteiger partial charge in [-0.25, -0.2) is 14.1 Å². The number of nitrogens with one attached hydrogen (secondary N) is 1. The molecule has 2 aromatic carbocycles. The molecule has 10 heteroatoms. The maximum absolute atomic E-state index is 14.5. The van der Waals surface area contributed by atoms with Gasteiger partial charge in [-0.05, 0) is 18.2 Å². The second kappa shape index (κ2) is 8.00. The summed E-state index contributed by atoms with van der Waals surface area (Å²) in [5, 5.41) is 16.0. The maximum Gasteiger partial charge on any atom is 0.188 e. The van der Waals surface area contributed by atoms with Gasteiger partial charge < -0.3 is 14.0 Å². The van der Waals surface area contributed by atoms with Crippen LogP contribution in [0.2, 0.25) is 0 Å². The van der Waals surface area contributed by atoms with E-state index in [4.69, 9.17) is 14.0 Å². The maximum atomic E-state index is 14.5. The van der Waals surface area contributed by atoms with Crippen molar-refractivity contribution in [2.75, 3.05) is 20.3 Å². The Morgan fingerprint density at radius 2 is 2.00 bits per heavy atom. The summed E-state index contributed by atoms with van der Waals surface area (Å²) < 4.78 is 32.0. The minimum atomic E-state index is -0.491. The Morgan fingerprint density at radius 1 is 1.13 bits per heavy atom. The molecule has 0 aliphatic heterocycles. The summed E-state index contributed by atoms with van der Waals surface area (Å²) in [4.78, 5) is 3.94. The van der Waals surface area contributed by atoms with Crippen LogP contribution in [-0.2, 0) is 4.74 Å². The predicted molar refractivity (Wildman–Crippen MR) is 109 cm³/mol. The van der Waals surface area contributed by atoms with Gasteiger partial charge in [-0.3, -0.25) is 5.10 Å². The van der Waals surface area contributed by atoms with Gasteiger partial charge in [0.25, 0.3) is 0 Å². The molecule has 31 heavy (non-hydrogen) atoms. The van der Waals surface area contributed by atoms with Gasteiger partial charge in [-0.2, -0.15) is 10.2 Å². The minimum absolute atomic E-state index is 0.130. The number of hydrogen-bond donors (Lipinski definition) is 1. The summed E-state index contributed by atoms with van der Waals surface area (Å²) in [6, 6.07) is 12.3. The molecule has 0 amide bonds. The number of H-pyrrole nitrogens is 1. The van der Waals surface area contributed by atoms with Crippen LogP contribution in [0.5, 0.6) is 5.75 Å². The molecule has 9 nitrogen and oxygen atoms in total. The van der Waals surface area contributed by atoms with E-state index in [1.807, 2.05) is 24.3 Å². The van der Waals surface area contributed by atoms with E-state index in [2.05, 4.69) is 25.4 Å². The Morgan fingerprint density at radius 3 is 2.77 bits per heavy atom. The minimum Gasteiger partial charge on any atom is -0.488 e. The van der Waals surface area contributed by atoms with E-state index in [1.54, 1.807) is 30.3 Å². The second-order valence-corrected chi connectivity index (χ2v) is 6.71. The molecular weight excluding hydrogens is 403 g/mol. The first-order valence-electron chi connectivity index (χ1n) is 9.45. The number of aromatic nitrogens is 6. The van der Waals surface area contributed by atoms with Crippen LogP contribution in [0.1, 0.15) is 0 Å². The highest BCUT2D eigenvalue weighted by atomic mass is 19.1. The lowest BCUT2D eigenvalue weighted by atomic mass is 10.1. The van der Waals surface area contributed by atoms with Gasteiger partial charge in [-0.15, -0.1) is 0 Å². The summed E-state index contributed by atoms with van der Waals surface area (Å²) in [5.41, 5.74) is 3.46. The summed E-state index contributed by atoms with van der Waals surface area (Å²) in [7, 11) is 1.56. The lowest BCUT2D eigenvalue weighted by Crippen LogP contribution is -2.05. The zero-order valence-electron chi connectivity index (χ0n) is 16.4. The number of nitrogens with zero attached hydrogens (tertiary/aromatic N) is 5. The van der Waals surface area contributed by atoms with Gasteiger partial charge in [0, 0.05) is 30.2 Å². The highest BCUT2D eigenvalue weighted by Gasteiger charge is 2.17. The van der Waals surface area contributed by atoms with Crippen molar-refractivity contribution in [1.82, 2.24) is 30.1 Å². The van der Waals surface area contributed by atoms with Crippen LogP contribution in [0.15, 0.2) is 59.6 Å². The van der Waals surface area contributed by atoms with Crippen LogP contribution >= 0.6 is 0 Å². The predicted octanol–water partition coefficient (Wildman–Crippen LogP) is 3.63. The average molecular weight is 420 g/mol. The zero-order valence-corrected chi connectivity index (χ0v) is 16.4. The second-order valence-electron chi connectivity index (χ2n) is 6.71. The lowest BCUT2D eigenvalue weighted by Gasteiger charge is -2.06. The zero-order chi connectivity index (χ0) is 21.2. The number of benzene rings is 2. The van der Waals surface area contributed by atoms with Crippen molar-refractivity contribution in [3.05, 3.63) is 60.9 Å². The van der Waals surface area contributed by atoms with Crippen LogP contribution < -0.4 is 4.74 Å². The van der Waals surface area contributed by atoms with Gasteiger partial charge >= 0.3 is 0 Å². The van der Waals surface area contributed by atoms with Crippen molar-refractivity contribution in [1.29, 1.82) is 0 Å². The summed E-state index contributed by atoms with van der Waals surface area (Å²) >= 11 is 0. The molecule has 1 N–H and O–H groups in total. The Labute approximate surface area is 175 Å². The van der Waals surface area contributed by atoms with Crippen molar-refractivity contribution >= 4 is 10.9 Å². The number of ether oxygens (including phenoxy) is 2. The smallest absolute Gasteiger partial charge is 0.188 e. The van der Waals surface area contributed by atoms with E-state index in [1.165, 1.54) is 12.4 Å². The Balaban J connectivity index is 1.42. The standard InChI is InChI=1S/C21H17FN6O3/c1-29-6-7-30-19-10-18-15(8-16(19)22)21(26-25-18)20-9-17(27-31-20)13-2-4-14(5-3-13)28-12-23-11-24-28/h2-5,8-12H,6-7H2,1H3,(H,25,26). The molecule has 0 saturated carbocycles. The first-order chi connectivity index (χ1) is 15.2. The van der Waals surface area contributed by atoms with Crippen LogP contribution in [-0.4, -0.2) is 50.4 Å². The van der Waals surface area contributed by atoms with Crippen molar-refractivity contribution < 1.29 is 18.4 Å². The molecule has 5 aromatic rings. The molecule has 3 aromatic heterocycles. The van der Waals surface area contributed by atoms with Gasteiger partial charge in [-0.1, -0.05) is 17.3 Å². The number of aromatic amines is 1. The number of halogens is 1. The van der Waals surface area contributed by atoms with E-state index in [9.17, 15) is 4.39 Å². The highest BCUT2D eigenvalue weighted by molar-refractivity contribution is 5.92. The van der Waals surface area contributed by atoms with Gasteiger partial charge in [0.2, 0.25) is 0 Å². The molecule has 0 unspecified atom stereocenters. The fourth-order valence-electron chi connectivity index (χ4n) is 3.20. The molecule has 5 rings (SSSR count). The van der Waals surface area contributed by atoms with E-state index < -0.39 is 5.82 Å². The molecule has 0 aliphatic rings. The molecule has 0 atom stereocenters. The largest absolute Gasteiger partial charge is 0.488 e. The number of fused-ring (bicyclic) bond motifs is 1. The van der Waals surface area contributed by atoms with Crippen LogP contribution in [0.4, 0.5) is 4.39 Å². The fraction of sp³-hybridized carbons (Fsp3) is 0.143. The van der Waals surface area contributed by atoms with E-state index >= 15 is 0 Å². The average Bonchev–Trinajstić information content (AvgIpc) is 3.55. The first kappa shape index (κ1) is 18.9. The molecule has 156 valence electrons. The van der Waals surface area contributed by atoms with Crippen molar-refractivity contribution in [2.24, 2.45) is 0 Å². The normalized spacial score (nSPS) is 11.3. The molecule has 0 bridgehead atoms. The number of hydrogen-bond acceptors (Lipinski definition) is 7. The highest BCUT2D eigenvalue weighted by Crippen LogP contribution is 2.33. The van der Waals surface area contributed by atoms with Gasteiger partial charge in [0.05, 0.1) is 17.8 Å². The summed E-state index contributed by atoms with van der Waals surface area (Å²) in [6.07, 6.45) is 3.10. The SMILES string of the molecule is COCCOc1cc2[nH]nc(-c3cc(-c4ccc(-n5cncn5)cc4)no3)c2cc1F. The third kappa shape index (κ3) is 3.64. The van der Waals surface area contributed by atoms with Gasteiger partial charge in [0.1, 0.15) is 30.6 Å². The van der Waals surface area contributed by atoms with Gasteiger partial charge in [0.15, 0.2) is 17.3 Å². The number of methoxy groups -OCH3 is 1. The molecule has 0 aliphatic carbocycles. The molecular formula is C21H17FN6O3. The van der Waals surface area contributed by atoms with E-state index in [-0.39, 0.29) is 12.4 Å². The summed E-state index contributed by atoms with van der Waals surface area (Å²) in [5.74, 6) is 0.0641. The molecule has 0 spiro atoms. The quantitative estimate of drug-likeness (QED) is 0.401. The third-order valence-corrected chi connectivity index (χ3v) is 4.75. The monoisotopic (exact) mass is 420 g/mol. The van der Waals surface area contributed by atoms with E-state index in [0.717, 1.165) is 11.3 Å². The van der Waals surface area contributed by atoms with Crippen LogP contribution in [0, 0.1) is 5.82 Å². The topological polar surface area (TPSA) is 104 Å². The molecule has 3 heterocycles. The van der Waals surface area contributed by atoms with Crippen molar-refractivity contribution in [2.45, 2.75) is 0 Å². The van der Waals surface area contributed by atoms with Crippen molar-refractivity contribution in [3.63, 3.8) is 0 Å². The fourth-order valence-corrected chi connectivity index (χ4v) is 3.20. The Hall–Kier alpha value is -4.05. The summed E-state index contributed by atoms with van der Waals surface area (Å²) in [6.45, 7) is 0.618. The third-order valence-electron chi connectivity index (χ3n) is 4.75. The molecule has 0 saturated heterocycles. The van der Waals surface area contributed by atoms with Crippen molar-refractivity contribution in [3.8, 4) is 34.1 Å². The number of rotatable bonds is 7. The Bertz CT molecular complexity index is 1310. The lowest BCUT2D eigenvalue weighted by molar-refractivity contribution is 0.144. The van der Waals surface area contributed by atoms with Crippen LogP contribution in [0.3, 0.4) is 0 Å².